The first-order valence-electron chi connectivity index (χ1n) is 8.97. The molecular weight excluding hydrogens is 346 g/mol. The lowest BCUT2D eigenvalue weighted by molar-refractivity contribution is 0.234. The Morgan fingerprint density at radius 1 is 1.19 bits per heavy atom. The monoisotopic (exact) mass is 371 g/mol. The van der Waals surface area contributed by atoms with Crippen molar-refractivity contribution in [3.63, 3.8) is 0 Å². The fourth-order valence-corrected chi connectivity index (χ4v) is 3.09. The first kappa shape index (κ1) is 18.8. The molecule has 8 nitrogen and oxygen atoms in total. The third-order valence-corrected chi connectivity index (χ3v) is 4.60. The number of nitrogens with one attached hydrogen (secondary N) is 2. The van der Waals surface area contributed by atoms with E-state index in [4.69, 9.17) is 9.47 Å². The van der Waals surface area contributed by atoms with E-state index in [9.17, 15) is 4.79 Å². The Labute approximate surface area is 158 Å². The second-order valence-electron chi connectivity index (χ2n) is 6.31. The summed E-state index contributed by atoms with van der Waals surface area (Å²) in [6, 6.07) is 7.30. The van der Waals surface area contributed by atoms with E-state index in [2.05, 4.69) is 25.5 Å². The Morgan fingerprint density at radius 3 is 2.59 bits per heavy atom. The molecule has 27 heavy (non-hydrogen) atoms. The molecule has 1 aliphatic rings. The van der Waals surface area contributed by atoms with Crippen LogP contribution < -0.4 is 25.0 Å². The van der Waals surface area contributed by atoms with E-state index in [0.29, 0.717) is 18.0 Å². The number of carbonyl (C=O) groups excluding carboxylic acids is 1. The highest BCUT2D eigenvalue weighted by atomic mass is 16.5. The minimum absolute atomic E-state index is 0.141. The highest BCUT2D eigenvalue weighted by Crippen LogP contribution is 2.24. The summed E-state index contributed by atoms with van der Waals surface area (Å²) in [5.41, 5.74) is 0.893. The van der Waals surface area contributed by atoms with E-state index in [1.165, 1.54) is 0 Å². The van der Waals surface area contributed by atoms with Gasteiger partial charge in [0, 0.05) is 49.7 Å². The van der Waals surface area contributed by atoms with Gasteiger partial charge in [-0.3, -0.25) is 0 Å². The Balaban J connectivity index is 1.45. The molecule has 1 aromatic carbocycles. The quantitative estimate of drug-likeness (QED) is 0.807. The number of anilines is 1. The lowest BCUT2D eigenvalue weighted by Crippen LogP contribution is -2.48. The number of piperidine rings is 1. The number of urea groups is 1. The van der Waals surface area contributed by atoms with Gasteiger partial charge in [0.05, 0.1) is 14.2 Å². The third-order valence-electron chi connectivity index (χ3n) is 4.60. The fraction of sp³-hybridized carbons (Fsp3) is 0.421. The van der Waals surface area contributed by atoms with Gasteiger partial charge in [0.15, 0.2) is 0 Å². The van der Waals surface area contributed by atoms with E-state index in [1.54, 1.807) is 38.7 Å². The number of ether oxygens (including phenoxy) is 2. The van der Waals surface area contributed by atoms with Gasteiger partial charge in [-0.2, -0.15) is 0 Å². The normalized spacial score (nSPS) is 14.5. The Kier molecular flexibility index (Phi) is 6.30. The van der Waals surface area contributed by atoms with Gasteiger partial charge in [-0.25, -0.2) is 14.8 Å². The molecule has 2 amide bonds. The number of rotatable bonds is 6. The standard InChI is InChI=1S/C19H25N5O3/c1-26-16-5-4-14(17(12-16)27-2)13-22-19(25)23-15-6-10-24(11-7-15)18-20-8-3-9-21-18/h3-5,8-9,12,15H,6-7,10-11,13H2,1-2H3,(H2,22,23,25). The van der Waals surface area contributed by atoms with Crippen molar-refractivity contribution in [3.05, 3.63) is 42.2 Å². The summed E-state index contributed by atoms with van der Waals surface area (Å²) in [4.78, 5) is 22.9. The Hall–Kier alpha value is -3.03. The molecule has 2 heterocycles. The molecule has 1 aliphatic heterocycles. The van der Waals surface area contributed by atoms with Crippen molar-refractivity contribution in [1.29, 1.82) is 0 Å². The summed E-state index contributed by atoms with van der Waals surface area (Å²) in [6.07, 6.45) is 5.20. The van der Waals surface area contributed by atoms with Gasteiger partial charge >= 0.3 is 6.03 Å². The molecule has 0 unspecified atom stereocenters. The molecule has 0 aliphatic carbocycles. The van der Waals surface area contributed by atoms with Crippen LogP contribution in [0.15, 0.2) is 36.7 Å². The van der Waals surface area contributed by atoms with Crippen LogP contribution in [0.2, 0.25) is 0 Å². The van der Waals surface area contributed by atoms with Crippen molar-refractivity contribution < 1.29 is 14.3 Å². The smallest absolute Gasteiger partial charge is 0.315 e. The summed E-state index contributed by atoms with van der Waals surface area (Å²) in [7, 11) is 3.21. The van der Waals surface area contributed by atoms with Crippen LogP contribution in [0.25, 0.3) is 0 Å². The molecule has 3 rings (SSSR count). The van der Waals surface area contributed by atoms with Crippen LogP contribution in [-0.4, -0.2) is 49.4 Å². The van der Waals surface area contributed by atoms with Crippen LogP contribution in [-0.2, 0) is 6.54 Å². The van der Waals surface area contributed by atoms with Gasteiger partial charge in [0.25, 0.3) is 0 Å². The first-order chi connectivity index (χ1) is 13.2. The first-order valence-corrected chi connectivity index (χ1v) is 8.97. The van der Waals surface area contributed by atoms with Crippen molar-refractivity contribution in [2.75, 3.05) is 32.2 Å². The van der Waals surface area contributed by atoms with E-state index in [0.717, 1.165) is 37.4 Å². The molecule has 2 aromatic rings. The summed E-state index contributed by atoms with van der Waals surface area (Å²) >= 11 is 0. The highest BCUT2D eigenvalue weighted by Gasteiger charge is 2.22. The number of aromatic nitrogens is 2. The number of amides is 2. The van der Waals surface area contributed by atoms with E-state index >= 15 is 0 Å². The van der Waals surface area contributed by atoms with Gasteiger partial charge in [0.1, 0.15) is 11.5 Å². The minimum Gasteiger partial charge on any atom is -0.497 e. The van der Waals surface area contributed by atoms with Crippen LogP contribution in [0.1, 0.15) is 18.4 Å². The lowest BCUT2D eigenvalue weighted by Gasteiger charge is -2.32. The predicted molar refractivity (Wildman–Crippen MR) is 102 cm³/mol. The van der Waals surface area contributed by atoms with Crippen molar-refractivity contribution in [1.82, 2.24) is 20.6 Å². The van der Waals surface area contributed by atoms with Gasteiger partial charge in [-0.05, 0) is 31.0 Å². The molecule has 0 atom stereocenters. The van der Waals surface area contributed by atoms with Crippen LogP contribution in [0.4, 0.5) is 10.7 Å². The maximum absolute atomic E-state index is 12.2. The molecule has 1 aromatic heterocycles. The summed E-state index contributed by atoms with van der Waals surface area (Å²) in [5.74, 6) is 2.15. The summed E-state index contributed by atoms with van der Waals surface area (Å²) < 4.78 is 10.5. The number of benzene rings is 1. The van der Waals surface area contributed by atoms with E-state index in [-0.39, 0.29) is 12.1 Å². The predicted octanol–water partition coefficient (Wildman–Crippen LogP) is 1.96. The molecule has 0 radical (unpaired) electrons. The number of hydrogen-bond acceptors (Lipinski definition) is 6. The molecule has 0 bridgehead atoms. The average Bonchev–Trinajstić information content (AvgIpc) is 2.73. The number of carbonyl (C=O) groups is 1. The van der Waals surface area contributed by atoms with Crippen molar-refractivity contribution in [3.8, 4) is 11.5 Å². The molecule has 1 fully saturated rings. The molecule has 0 spiro atoms. The fourth-order valence-electron chi connectivity index (χ4n) is 3.09. The molecule has 1 saturated heterocycles. The van der Waals surface area contributed by atoms with Crippen molar-refractivity contribution >= 4 is 12.0 Å². The van der Waals surface area contributed by atoms with Crippen LogP contribution >= 0.6 is 0 Å². The minimum atomic E-state index is -0.178. The second kappa shape index (κ2) is 9.07. The summed E-state index contributed by atoms with van der Waals surface area (Å²) in [5, 5.41) is 5.93. The zero-order valence-corrected chi connectivity index (χ0v) is 15.6. The molecular formula is C19H25N5O3. The maximum Gasteiger partial charge on any atom is 0.315 e. The Bertz CT molecular complexity index is 748. The maximum atomic E-state index is 12.2. The van der Waals surface area contributed by atoms with Gasteiger partial charge in [-0.1, -0.05) is 0 Å². The number of methoxy groups -OCH3 is 2. The molecule has 2 N–H and O–H groups in total. The highest BCUT2D eigenvalue weighted by molar-refractivity contribution is 5.74. The van der Waals surface area contributed by atoms with Gasteiger partial charge in [0.2, 0.25) is 5.95 Å². The molecule has 144 valence electrons. The van der Waals surface area contributed by atoms with Crippen molar-refractivity contribution in [2.24, 2.45) is 0 Å². The van der Waals surface area contributed by atoms with Gasteiger partial charge < -0.3 is 25.0 Å². The largest absolute Gasteiger partial charge is 0.497 e. The zero-order valence-electron chi connectivity index (χ0n) is 15.6. The van der Waals surface area contributed by atoms with Crippen LogP contribution in [0.3, 0.4) is 0 Å². The second-order valence-corrected chi connectivity index (χ2v) is 6.31. The van der Waals surface area contributed by atoms with Crippen molar-refractivity contribution in [2.45, 2.75) is 25.4 Å². The average molecular weight is 371 g/mol. The number of nitrogens with zero attached hydrogens (tertiary/aromatic N) is 3. The lowest BCUT2D eigenvalue weighted by atomic mass is 10.1. The molecule has 8 heteroatoms. The van der Waals surface area contributed by atoms with Gasteiger partial charge in [-0.15, -0.1) is 0 Å². The third kappa shape index (κ3) is 4.99. The zero-order chi connectivity index (χ0) is 19.1. The van der Waals surface area contributed by atoms with E-state index in [1.807, 2.05) is 12.1 Å². The Morgan fingerprint density at radius 2 is 1.93 bits per heavy atom. The van der Waals surface area contributed by atoms with Crippen LogP contribution in [0.5, 0.6) is 11.5 Å². The summed E-state index contributed by atoms with van der Waals surface area (Å²) in [6.45, 7) is 2.03. The SMILES string of the molecule is COc1ccc(CNC(=O)NC2CCN(c3ncccn3)CC2)c(OC)c1. The number of hydrogen-bond donors (Lipinski definition) is 2. The van der Waals surface area contributed by atoms with Crippen LogP contribution in [0, 0.1) is 0 Å². The van der Waals surface area contributed by atoms with E-state index < -0.39 is 0 Å². The topological polar surface area (TPSA) is 88.6 Å². The molecule has 0 saturated carbocycles.